The monoisotopic (exact) mass is 290 g/mol. The second kappa shape index (κ2) is 7.13. The molecule has 0 amide bonds. The molecule has 0 spiro atoms. The molecule has 0 aliphatic carbocycles. The predicted octanol–water partition coefficient (Wildman–Crippen LogP) is 5.41. The fourth-order valence-corrected chi connectivity index (χ4v) is 2.84. The fourth-order valence-electron chi connectivity index (χ4n) is 2.84. The van der Waals surface area contributed by atoms with Gasteiger partial charge >= 0.3 is 0 Å². The Hall–Kier alpha value is -2.28. The third-order valence-electron chi connectivity index (χ3n) is 4.15. The molecule has 3 aromatic carbocycles. The van der Waals surface area contributed by atoms with Crippen LogP contribution in [-0.4, -0.2) is 7.11 Å². The number of hydrogen-bond donors (Lipinski definition) is 0. The molecule has 0 unspecified atom stereocenters. The minimum atomic E-state index is 0.930. The first-order valence-corrected chi connectivity index (χ1v) is 7.96. The Labute approximate surface area is 132 Å². The largest absolute Gasteiger partial charge is 0.497 e. The van der Waals surface area contributed by atoms with Crippen molar-refractivity contribution in [3.8, 4) is 5.75 Å². The van der Waals surface area contributed by atoms with Gasteiger partial charge in [-0.2, -0.15) is 0 Å². The van der Waals surface area contributed by atoms with E-state index in [1.165, 1.54) is 34.7 Å². The van der Waals surface area contributed by atoms with Crippen LogP contribution in [0.1, 0.15) is 24.0 Å². The molecule has 3 aromatic rings. The van der Waals surface area contributed by atoms with Crippen molar-refractivity contribution in [3.63, 3.8) is 0 Å². The maximum atomic E-state index is 5.19. The lowest BCUT2D eigenvalue weighted by Crippen LogP contribution is -1.90. The molecule has 0 N–H and O–H groups in total. The molecule has 0 aliphatic heterocycles. The van der Waals surface area contributed by atoms with Crippen LogP contribution in [0.5, 0.6) is 5.75 Å². The zero-order chi connectivity index (χ0) is 15.2. The minimum absolute atomic E-state index is 0.930. The maximum absolute atomic E-state index is 5.19. The Kier molecular flexibility index (Phi) is 4.75. The van der Waals surface area contributed by atoms with E-state index < -0.39 is 0 Å². The fraction of sp³-hybridized carbons (Fsp3) is 0.238. The lowest BCUT2D eigenvalue weighted by atomic mass is 10.0. The van der Waals surface area contributed by atoms with Gasteiger partial charge in [-0.25, -0.2) is 0 Å². The van der Waals surface area contributed by atoms with E-state index in [0.29, 0.717) is 0 Å². The number of methoxy groups -OCH3 is 1. The van der Waals surface area contributed by atoms with Crippen molar-refractivity contribution in [2.24, 2.45) is 0 Å². The first kappa shape index (κ1) is 14.6. The highest BCUT2D eigenvalue weighted by molar-refractivity contribution is 5.82. The van der Waals surface area contributed by atoms with Crippen molar-refractivity contribution in [1.29, 1.82) is 0 Å². The van der Waals surface area contributed by atoms with Gasteiger partial charge in [0.2, 0.25) is 0 Å². The summed E-state index contributed by atoms with van der Waals surface area (Å²) in [6, 6.07) is 23.8. The summed E-state index contributed by atoms with van der Waals surface area (Å²) in [7, 11) is 1.71. The second-order valence-corrected chi connectivity index (χ2v) is 5.74. The summed E-state index contributed by atoms with van der Waals surface area (Å²) in [5, 5.41) is 2.67. The Balaban J connectivity index is 1.51. The van der Waals surface area contributed by atoms with Crippen LogP contribution < -0.4 is 4.74 Å². The average Bonchev–Trinajstić information content (AvgIpc) is 2.59. The van der Waals surface area contributed by atoms with Gasteiger partial charge in [-0.15, -0.1) is 0 Å². The SMILES string of the molecule is COc1ccc(CCCCc2ccc3ccccc3c2)cc1. The summed E-state index contributed by atoms with van der Waals surface area (Å²) >= 11 is 0. The van der Waals surface area contributed by atoms with E-state index in [1.54, 1.807) is 7.11 Å². The van der Waals surface area contributed by atoms with E-state index in [9.17, 15) is 0 Å². The molecule has 0 saturated heterocycles. The quantitative estimate of drug-likeness (QED) is 0.551. The van der Waals surface area contributed by atoms with Crippen molar-refractivity contribution in [3.05, 3.63) is 77.9 Å². The molecular formula is C21H22O. The maximum Gasteiger partial charge on any atom is 0.118 e. The van der Waals surface area contributed by atoms with E-state index in [2.05, 4.69) is 54.6 Å². The number of benzene rings is 3. The summed E-state index contributed by atoms with van der Waals surface area (Å²) in [5.74, 6) is 0.930. The molecule has 0 aliphatic rings. The number of ether oxygens (including phenoxy) is 1. The molecule has 0 atom stereocenters. The zero-order valence-electron chi connectivity index (χ0n) is 13.1. The molecular weight excluding hydrogens is 268 g/mol. The predicted molar refractivity (Wildman–Crippen MR) is 93.6 cm³/mol. The molecule has 0 fully saturated rings. The molecule has 0 heterocycles. The number of unbranched alkanes of at least 4 members (excludes halogenated alkanes) is 1. The Morgan fingerprint density at radius 2 is 1.32 bits per heavy atom. The van der Waals surface area contributed by atoms with Crippen molar-refractivity contribution in [2.45, 2.75) is 25.7 Å². The molecule has 0 aromatic heterocycles. The van der Waals surface area contributed by atoms with Crippen molar-refractivity contribution in [1.82, 2.24) is 0 Å². The number of aryl methyl sites for hydroxylation is 2. The van der Waals surface area contributed by atoms with Gasteiger partial charge in [0.05, 0.1) is 7.11 Å². The minimum Gasteiger partial charge on any atom is -0.497 e. The number of hydrogen-bond acceptors (Lipinski definition) is 1. The van der Waals surface area contributed by atoms with E-state index in [1.807, 2.05) is 12.1 Å². The zero-order valence-corrected chi connectivity index (χ0v) is 13.1. The number of fused-ring (bicyclic) bond motifs is 1. The summed E-state index contributed by atoms with van der Waals surface area (Å²) in [5.41, 5.74) is 2.83. The third-order valence-corrected chi connectivity index (χ3v) is 4.15. The van der Waals surface area contributed by atoms with Crippen LogP contribution >= 0.6 is 0 Å². The topological polar surface area (TPSA) is 9.23 Å². The number of rotatable bonds is 6. The van der Waals surface area contributed by atoms with Crippen LogP contribution in [0.25, 0.3) is 10.8 Å². The van der Waals surface area contributed by atoms with E-state index in [4.69, 9.17) is 4.74 Å². The van der Waals surface area contributed by atoms with Crippen LogP contribution in [0.4, 0.5) is 0 Å². The van der Waals surface area contributed by atoms with Gasteiger partial charge in [0.25, 0.3) is 0 Å². The van der Waals surface area contributed by atoms with Crippen molar-refractivity contribution >= 4 is 10.8 Å². The summed E-state index contributed by atoms with van der Waals surface area (Å²) in [4.78, 5) is 0. The molecule has 3 rings (SSSR count). The Morgan fingerprint density at radius 1 is 0.682 bits per heavy atom. The Bertz CT molecular complexity index is 728. The summed E-state index contributed by atoms with van der Waals surface area (Å²) in [6.45, 7) is 0. The van der Waals surface area contributed by atoms with Crippen LogP contribution in [0.3, 0.4) is 0 Å². The van der Waals surface area contributed by atoms with Crippen molar-refractivity contribution in [2.75, 3.05) is 7.11 Å². The molecule has 0 saturated carbocycles. The van der Waals surface area contributed by atoms with Gasteiger partial charge in [0, 0.05) is 0 Å². The van der Waals surface area contributed by atoms with E-state index in [0.717, 1.165) is 18.6 Å². The van der Waals surface area contributed by atoms with E-state index in [-0.39, 0.29) is 0 Å². The van der Waals surface area contributed by atoms with Crippen LogP contribution in [-0.2, 0) is 12.8 Å². The molecule has 112 valence electrons. The normalized spacial score (nSPS) is 10.8. The third kappa shape index (κ3) is 3.67. The lowest BCUT2D eigenvalue weighted by molar-refractivity contribution is 0.414. The standard InChI is InChI=1S/C21H22O/c1-22-21-14-11-17(12-15-21)6-2-3-7-18-10-13-19-8-4-5-9-20(19)16-18/h4-5,8-16H,2-3,6-7H2,1H3. The molecule has 22 heavy (non-hydrogen) atoms. The summed E-state index contributed by atoms with van der Waals surface area (Å²) in [6.07, 6.45) is 4.74. The van der Waals surface area contributed by atoms with Gasteiger partial charge in [0.1, 0.15) is 5.75 Å². The molecule has 0 radical (unpaired) electrons. The smallest absolute Gasteiger partial charge is 0.118 e. The van der Waals surface area contributed by atoms with Crippen LogP contribution in [0, 0.1) is 0 Å². The van der Waals surface area contributed by atoms with Gasteiger partial charge in [-0.3, -0.25) is 0 Å². The highest BCUT2D eigenvalue weighted by Gasteiger charge is 1.98. The van der Waals surface area contributed by atoms with Crippen molar-refractivity contribution < 1.29 is 4.74 Å². The molecule has 1 heteroatoms. The lowest BCUT2D eigenvalue weighted by Gasteiger charge is -2.05. The van der Waals surface area contributed by atoms with Crippen LogP contribution in [0.2, 0.25) is 0 Å². The first-order valence-electron chi connectivity index (χ1n) is 7.96. The van der Waals surface area contributed by atoms with Gasteiger partial charge in [0.15, 0.2) is 0 Å². The van der Waals surface area contributed by atoms with E-state index >= 15 is 0 Å². The molecule has 1 nitrogen and oxygen atoms in total. The summed E-state index contributed by atoms with van der Waals surface area (Å²) < 4.78 is 5.19. The second-order valence-electron chi connectivity index (χ2n) is 5.74. The van der Waals surface area contributed by atoms with Gasteiger partial charge in [-0.05, 0) is 59.7 Å². The van der Waals surface area contributed by atoms with Gasteiger partial charge < -0.3 is 4.74 Å². The molecule has 0 bridgehead atoms. The highest BCUT2D eigenvalue weighted by atomic mass is 16.5. The highest BCUT2D eigenvalue weighted by Crippen LogP contribution is 2.18. The average molecular weight is 290 g/mol. The Morgan fingerprint density at radius 3 is 2.05 bits per heavy atom. The van der Waals surface area contributed by atoms with Gasteiger partial charge in [-0.1, -0.05) is 54.6 Å². The first-order chi connectivity index (χ1) is 10.8. The van der Waals surface area contributed by atoms with Crippen LogP contribution in [0.15, 0.2) is 66.7 Å².